The third kappa shape index (κ3) is 4.93. The van der Waals surface area contributed by atoms with Crippen molar-refractivity contribution in [1.29, 1.82) is 5.26 Å². The maximum Gasteiger partial charge on any atom is 0.418 e. The van der Waals surface area contributed by atoms with Gasteiger partial charge in [-0.2, -0.15) is 18.4 Å². The number of carbonyl (C=O) groups excluding carboxylic acids is 1. The number of hydrogen-bond acceptors (Lipinski definition) is 5. The number of terminal acetylenes is 1. The van der Waals surface area contributed by atoms with Crippen molar-refractivity contribution >= 4 is 28.5 Å². The predicted molar refractivity (Wildman–Crippen MR) is 106 cm³/mol. The highest BCUT2D eigenvalue weighted by atomic mass is 32.2. The summed E-state index contributed by atoms with van der Waals surface area (Å²) < 4.78 is 40.3. The van der Waals surface area contributed by atoms with E-state index in [2.05, 4.69) is 16.2 Å². The van der Waals surface area contributed by atoms with Crippen molar-refractivity contribution in [2.45, 2.75) is 19.0 Å². The fraction of sp³-hybridized carbons (Fsp3) is 0.350. The lowest BCUT2D eigenvalue weighted by Gasteiger charge is -2.34. The lowest BCUT2D eigenvalue weighted by atomic mass is 9.95. The summed E-state index contributed by atoms with van der Waals surface area (Å²) >= 11 is 1.04. The van der Waals surface area contributed by atoms with Crippen molar-refractivity contribution in [3.8, 4) is 18.4 Å². The third-order valence-electron chi connectivity index (χ3n) is 4.68. The molecule has 9 heteroatoms. The minimum atomic E-state index is -4.53. The molecule has 0 saturated carbocycles. The van der Waals surface area contributed by atoms with Crippen molar-refractivity contribution in [2.24, 2.45) is 10.9 Å². The number of thioether (sulfide) groups is 1. The molecule has 1 aromatic rings. The van der Waals surface area contributed by atoms with Crippen LogP contribution in [0.3, 0.4) is 0 Å². The Morgan fingerprint density at radius 2 is 2.10 bits per heavy atom. The van der Waals surface area contributed by atoms with Crippen LogP contribution in [0.1, 0.15) is 24.0 Å². The van der Waals surface area contributed by atoms with E-state index in [-0.39, 0.29) is 29.0 Å². The predicted octanol–water partition coefficient (Wildman–Crippen LogP) is 4.17. The standard InChI is InChI=1S/C20H17F3N4OS/c1-2-7-25-18-17(29-19(28)26-18)11-13-5-8-27(9-6-13)16-4-3-14(12-24)10-15(16)20(21,22)23/h1,3-4,10-11,13H,5-9H2,(H,25,26,28). The van der Waals surface area contributed by atoms with Crippen molar-refractivity contribution in [3.63, 3.8) is 0 Å². The second-order valence-electron chi connectivity index (χ2n) is 6.58. The number of amidine groups is 1. The Morgan fingerprint density at radius 1 is 1.38 bits per heavy atom. The van der Waals surface area contributed by atoms with Gasteiger partial charge in [-0.25, -0.2) is 0 Å². The van der Waals surface area contributed by atoms with Crippen LogP contribution in [0.2, 0.25) is 0 Å². The zero-order chi connectivity index (χ0) is 21.0. The number of hydrogen-bond donors (Lipinski definition) is 1. The summed E-state index contributed by atoms with van der Waals surface area (Å²) in [6.45, 7) is 1.03. The minimum absolute atomic E-state index is 0.0186. The van der Waals surface area contributed by atoms with Gasteiger partial charge >= 0.3 is 6.18 Å². The number of alkyl halides is 3. The second-order valence-corrected chi connectivity index (χ2v) is 7.60. The van der Waals surface area contributed by atoms with E-state index in [4.69, 9.17) is 11.7 Å². The number of benzene rings is 1. The second kappa shape index (κ2) is 8.62. The summed E-state index contributed by atoms with van der Waals surface area (Å²) in [5.74, 6) is 2.96. The van der Waals surface area contributed by atoms with E-state index in [1.165, 1.54) is 12.1 Å². The van der Waals surface area contributed by atoms with Crippen molar-refractivity contribution in [2.75, 3.05) is 24.5 Å². The van der Waals surface area contributed by atoms with Crippen molar-refractivity contribution in [1.82, 2.24) is 5.32 Å². The SMILES string of the molecule is C#CCN=C1NC(=O)SC1=CC1CCN(c2ccc(C#N)cc2C(F)(F)F)CC1. The van der Waals surface area contributed by atoms with Crippen LogP contribution < -0.4 is 10.2 Å². The molecule has 5 nitrogen and oxygen atoms in total. The molecule has 1 N–H and O–H groups in total. The Morgan fingerprint density at radius 3 is 2.72 bits per heavy atom. The number of nitrogens with zero attached hydrogens (tertiary/aromatic N) is 3. The fourth-order valence-corrected chi connectivity index (χ4v) is 4.14. The molecule has 1 amide bonds. The molecule has 2 aliphatic heterocycles. The average molecular weight is 418 g/mol. The molecule has 0 atom stereocenters. The lowest BCUT2D eigenvalue weighted by Crippen LogP contribution is -2.34. The highest BCUT2D eigenvalue weighted by molar-refractivity contribution is 8.18. The fourth-order valence-electron chi connectivity index (χ4n) is 3.32. The van der Waals surface area contributed by atoms with Crippen LogP contribution in [0.15, 0.2) is 34.2 Å². The van der Waals surface area contributed by atoms with Gasteiger partial charge in [-0.1, -0.05) is 12.0 Å². The number of amides is 1. The number of rotatable bonds is 3. The molecule has 3 rings (SSSR count). The van der Waals surface area contributed by atoms with Gasteiger partial charge in [-0.3, -0.25) is 9.79 Å². The highest BCUT2D eigenvalue weighted by Crippen LogP contribution is 2.39. The normalized spacial score (nSPS) is 20.6. The van der Waals surface area contributed by atoms with Crippen molar-refractivity contribution in [3.05, 3.63) is 40.3 Å². The number of anilines is 1. The first-order chi connectivity index (χ1) is 13.8. The summed E-state index contributed by atoms with van der Waals surface area (Å²) in [5.41, 5.74) is -0.723. The summed E-state index contributed by atoms with van der Waals surface area (Å²) in [5, 5.41) is 11.3. The number of nitriles is 1. The maximum atomic E-state index is 13.4. The van der Waals surface area contributed by atoms with Gasteiger partial charge in [0.25, 0.3) is 5.24 Å². The molecule has 1 aromatic carbocycles. The van der Waals surface area contributed by atoms with E-state index in [1.54, 1.807) is 11.0 Å². The van der Waals surface area contributed by atoms with E-state index in [0.717, 1.165) is 17.8 Å². The van der Waals surface area contributed by atoms with Gasteiger partial charge in [0.2, 0.25) is 0 Å². The maximum absolute atomic E-state index is 13.4. The van der Waals surface area contributed by atoms with Crippen LogP contribution in [0.25, 0.3) is 0 Å². The van der Waals surface area contributed by atoms with Crippen LogP contribution in [-0.2, 0) is 6.18 Å². The van der Waals surface area contributed by atoms with Gasteiger partial charge in [-0.05, 0) is 48.7 Å². The molecule has 0 bridgehead atoms. The number of aliphatic imine (C=N–C) groups is 1. The molecular weight excluding hydrogens is 401 g/mol. The topological polar surface area (TPSA) is 68.5 Å². The number of piperidine rings is 1. The van der Waals surface area contributed by atoms with Gasteiger partial charge in [0, 0.05) is 18.8 Å². The van der Waals surface area contributed by atoms with Gasteiger partial charge in [-0.15, -0.1) is 6.42 Å². The quantitative estimate of drug-likeness (QED) is 0.749. The smallest absolute Gasteiger partial charge is 0.371 e. The molecule has 2 heterocycles. The summed E-state index contributed by atoms with van der Waals surface area (Å²) in [4.78, 5) is 18.2. The molecule has 29 heavy (non-hydrogen) atoms. The Labute approximate surface area is 170 Å². The van der Waals surface area contributed by atoms with Crippen LogP contribution in [0, 0.1) is 29.6 Å². The zero-order valence-electron chi connectivity index (χ0n) is 15.3. The molecule has 2 fully saturated rings. The first-order valence-electron chi connectivity index (χ1n) is 8.87. The number of halogens is 3. The summed E-state index contributed by atoms with van der Waals surface area (Å²) in [6, 6.07) is 5.41. The van der Waals surface area contributed by atoms with Gasteiger partial charge in [0.05, 0.1) is 22.1 Å². The van der Waals surface area contributed by atoms with Crippen LogP contribution >= 0.6 is 11.8 Å². The van der Waals surface area contributed by atoms with E-state index in [0.29, 0.717) is 36.7 Å². The Balaban J connectivity index is 1.74. The molecule has 0 aliphatic carbocycles. The lowest BCUT2D eigenvalue weighted by molar-refractivity contribution is -0.137. The van der Waals surface area contributed by atoms with Crippen LogP contribution in [0.5, 0.6) is 0 Å². The molecule has 0 unspecified atom stereocenters. The van der Waals surface area contributed by atoms with E-state index >= 15 is 0 Å². The third-order valence-corrected chi connectivity index (χ3v) is 5.52. The van der Waals surface area contributed by atoms with Gasteiger partial charge < -0.3 is 10.2 Å². The Bertz CT molecular complexity index is 948. The molecule has 0 spiro atoms. The Hall–Kier alpha value is -2.91. The molecule has 150 valence electrons. The number of nitrogens with one attached hydrogen (secondary N) is 1. The largest absolute Gasteiger partial charge is 0.418 e. The molecular formula is C20H17F3N4OS. The van der Waals surface area contributed by atoms with E-state index in [9.17, 15) is 18.0 Å². The summed E-state index contributed by atoms with van der Waals surface area (Å²) in [7, 11) is 0. The molecule has 2 aliphatic rings. The first-order valence-corrected chi connectivity index (χ1v) is 9.68. The average Bonchev–Trinajstić information content (AvgIpc) is 3.04. The first kappa shape index (κ1) is 20.8. The number of carbonyl (C=O) groups is 1. The highest BCUT2D eigenvalue weighted by Gasteiger charge is 2.36. The molecule has 0 radical (unpaired) electrons. The monoisotopic (exact) mass is 418 g/mol. The van der Waals surface area contributed by atoms with E-state index < -0.39 is 11.7 Å². The number of allylic oxidation sites excluding steroid dienone is 1. The minimum Gasteiger partial charge on any atom is -0.371 e. The van der Waals surface area contributed by atoms with E-state index in [1.807, 2.05) is 6.08 Å². The molecule has 0 aromatic heterocycles. The molecule has 2 saturated heterocycles. The van der Waals surface area contributed by atoms with Gasteiger partial charge in [0.1, 0.15) is 12.4 Å². The van der Waals surface area contributed by atoms with Crippen LogP contribution in [0.4, 0.5) is 23.7 Å². The zero-order valence-corrected chi connectivity index (χ0v) is 16.1. The van der Waals surface area contributed by atoms with Crippen molar-refractivity contribution < 1.29 is 18.0 Å². The Kier molecular flexibility index (Phi) is 6.19. The van der Waals surface area contributed by atoms with Gasteiger partial charge in [0.15, 0.2) is 0 Å². The summed E-state index contributed by atoms with van der Waals surface area (Å²) in [6.07, 6.45) is 3.89. The van der Waals surface area contributed by atoms with Crippen LogP contribution in [-0.4, -0.2) is 30.7 Å².